The molecule has 1 aromatic heterocycles. The summed E-state index contributed by atoms with van der Waals surface area (Å²) in [6, 6.07) is 13.2. The number of ketones is 1. The van der Waals surface area contributed by atoms with Gasteiger partial charge in [0, 0.05) is 22.6 Å². The van der Waals surface area contributed by atoms with Gasteiger partial charge in [0.2, 0.25) is 5.78 Å². The van der Waals surface area contributed by atoms with Crippen LogP contribution < -0.4 is 15.0 Å². The van der Waals surface area contributed by atoms with Gasteiger partial charge in [-0.3, -0.25) is 14.4 Å². The number of carbonyl (C=O) groups excluding carboxylic acids is 2. The zero-order chi connectivity index (χ0) is 25.1. The lowest BCUT2D eigenvalue weighted by Crippen LogP contribution is -2.26. The molecule has 4 aromatic rings. The minimum atomic E-state index is -1.63. The van der Waals surface area contributed by atoms with Crippen LogP contribution in [0.15, 0.2) is 65.2 Å². The third kappa shape index (κ3) is 3.39. The number of hydrogen-bond donors (Lipinski definition) is 1. The monoisotopic (exact) mass is 489 g/mol. The first-order chi connectivity index (χ1) is 17.3. The number of halogens is 3. The zero-order valence-electron chi connectivity index (χ0n) is 18.2. The van der Waals surface area contributed by atoms with Gasteiger partial charge >= 0.3 is 5.97 Å². The number of pyridine rings is 1. The predicted molar refractivity (Wildman–Crippen MR) is 122 cm³/mol. The van der Waals surface area contributed by atoms with Gasteiger partial charge in [0.25, 0.3) is 5.56 Å². The SMILES string of the molecule is O=C1CC(c2cc3ccccc3[nH]c2=O)c2c(ccc3c2O/C(=C\c2cc(F)c(F)c(F)c2)C3=O)O1. The van der Waals surface area contributed by atoms with Gasteiger partial charge in [-0.15, -0.1) is 0 Å². The van der Waals surface area contributed by atoms with E-state index in [4.69, 9.17) is 9.47 Å². The molecule has 3 heterocycles. The molecule has 0 fully saturated rings. The maximum Gasteiger partial charge on any atom is 0.312 e. The Morgan fingerprint density at radius 2 is 1.67 bits per heavy atom. The molecular formula is C27H14F3NO5. The molecule has 6 rings (SSSR count). The van der Waals surface area contributed by atoms with E-state index in [9.17, 15) is 27.6 Å². The lowest BCUT2D eigenvalue weighted by Gasteiger charge is -2.26. The van der Waals surface area contributed by atoms with E-state index in [2.05, 4.69) is 4.98 Å². The molecule has 1 unspecified atom stereocenters. The summed E-state index contributed by atoms with van der Waals surface area (Å²) in [6.07, 6.45) is 0.920. The normalized spacial score (nSPS) is 17.6. The van der Waals surface area contributed by atoms with Gasteiger partial charge in [-0.25, -0.2) is 13.2 Å². The molecule has 0 aliphatic carbocycles. The van der Waals surface area contributed by atoms with Crippen LogP contribution in [-0.4, -0.2) is 16.7 Å². The van der Waals surface area contributed by atoms with E-state index >= 15 is 0 Å². The molecule has 9 heteroatoms. The van der Waals surface area contributed by atoms with E-state index in [1.165, 1.54) is 12.1 Å². The number of para-hydroxylation sites is 1. The van der Waals surface area contributed by atoms with E-state index < -0.39 is 40.7 Å². The molecule has 0 radical (unpaired) electrons. The Balaban J connectivity index is 1.49. The fourth-order valence-corrected chi connectivity index (χ4v) is 4.60. The largest absolute Gasteiger partial charge is 0.452 e. The lowest BCUT2D eigenvalue weighted by molar-refractivity contribution is -0.135. The summed E-state index contributed by atoms with van der Waals surface area (Å²) < 4.78 is 51.9. The summed E-state index contributed by atoms with van der Waals surface area (Å²) in [5.74, 6) is -6.41. The summed E-state index contributed by atoms with van der Waals surface area (Å²) in [5, 5.41) is 0.748. The van der Waals surface area contributed by atoms with Crippen molar-refractivity contribution in [1.29, 1.82) is 0 Å². The molecule has 2 aliphatic heterocycles. The van der Waals surface area contributed by atoms with Crippen LogP contribution in [0.1, 0.15) is 39.4 Å². The van der Waals surface area contributed by atoms with Crippen molar-refractivity contribution >= 4 is 28.7 Å². The Kier molecular flexibility index (Phi) is 4.82. The van der Waals surface area contributed by atoms with Crippen molar-refractivity contribution in [3.05, 3.63) is 110 Å². The summed E-state index contributed by atoms with van der Waals surface area (Å²) in [7, 11) is 0. The first kappa shape index (κ1) is 21.8. The summed E-state index contributed by atoms with van der Waals surface area (Å²) in [6.45, 7) is 0. The van der Waals surface area contributed by atoms with Crippen LogP contribution in [0.2, 0.25) is 0 Å². The number of esters is 1. The van der Waals surface area contributed by atoms with Crippen LogP contribution in [0.4, 0.5) is 13.2 Å². The van der Waals surface area contributed by atoms with Crippen molar-refractivity contribution < 1.29 is 32.2 Å². The Bertz CT molecular complexity index is 1700. The number of carbonyl (C=O) groups is 2. The smallest absolute Gasteiger partial charge is 0.312 e. The van der Waals surface area contributed by atoms with Crippen LogP contribution in [-0.2, 0) is 4.79 Å². The average Bonchev–Trinajstić information content (AvgIpc) is 3.16. The first-order valence-electron chi connectivity index (χ1n) is 10.9. The number of H-pyrrole nitrogens is 1. The summed E-state index contributed by atoms with van der Waals surface area (Å²) in [5.41, 5.74) is 0.846. The van der Waals surface area contributed by atoms with Crippen LogP contribution in [0.5, 0.6) is 11.5 Å². The second kappa shape index (κ2) is 7.94. The second-order valence-corrected chi connectivity index (χ2v) is 8.46. The minimum Gasteiger partial charge on any atom is -0.452 e. The Labute approximate surface area is 200 Å². The molecule has 1 N–H and O–H groups in total. The van der Waals surface area contributed by atoms with E-state index in [1.54, 1.807) is 18.2 Å². The average molecular weight is 489 g/mol. The van der Waals surface area contributed by atoms with Crippen molar-refractivity contribution in [3.8, 4) is 11.5 Å². The molecule has 0 saturated carbocycles. The summed E-state index contributed by atoms with van der Waals surface area (Å²) >= 11 is 0. The molecule has 1 atom stereocenters. The van der Waals surface area contributed by atoms with Crippen molar-refractivity contribution in [2.75, 3.05) is 0 Å². The van der Waals surface area contributed by atoms with Crippen molar-refractivity contribution in [3.63, 3.8) is 0 Å². The zero-order valence-corrected chi connectivity index (χ0v) is 18.2. The van der Waals surface area contributed by atoms with Crippen molar-refractivity contribution in [2.45, 2.75) is 12.3 Å². The number of ether oxygens (including phenoxy) is 2. The number of hydrogen-bond acceptors (Lipinski definition) is 5. The van der Waals surface area contributed by atoms with Gasteiger partial charge in [-0.05, 0) is 53.4 Å². The highest BCUT2D eigenvalue weighted by Gasteiger charge is 2.39. The molecule has 0 bridgehead atoms. The molecule has 2 aliphatic rings. The van der Waals surface area contributed by atoms with Gasteiger partial charge in [-0.1, -0.05) is 18.2 Å². The number of rotatable bonds is 2. The Hall–Kier alpha value is -4.66. The molecular weight excluding hydrogens is 475 g/mol. The van der Waals surface area contributed by atoms with E-state index in [0.717, 1.165) is 23.6 Å². The molecule has 0 amide bonds. The number of aromatic amines is 1. The molecule has 36 heavy (non-hydrogen) atoms. The second-order valence-electron chi connectivity index (χ2n) is 8.46. The third-order valence-corrected chi connectivity index (χ3v) is 6.24. The lowest BCUT2D eigenvalue weighted by atomic mass is 9.85. The topological polar surface area (TPSA) is 85.5 Å². The van der Waals surface area contributed by atoms with Crippen LogP contribution in [0.3, 0.4) is 0 Å². The minimum absolute atomic E-state index is 0.0804. The highest BCUT2D eigenvalue weighted by molar-refractivity contribution is 6.15. The quantitative estimate of drug-likeness (QED) is 0.185. The standard InChI is InChI=1S/C27H14F3NO5/c28-17-7-12(8-18(29)24(17)30)9-21-25(33)14-5-6-20-23(26(14)36-21)15(11-22(32)35-20)16-10-13-3-1-2-4-19(13)31-27(16)34/h1-10,15H,11H2,(H,31,34)/b21-9-. The van der Waals surface area contributed by atoms with Gasteiger partial charge in [-0.2, -0.15) is 0 Å². The van der Waals surface area contributed by atoms with Gasteiger partial charge in [0.15, 0.2) is 23.2 Å². The molecule has 6 nitrogen and oxygen atoms in total. The third-order valence-electron chi connectivity index (χ3n) is 6.24. The van der Waals surface area contributed by atoms with Gasteiger partial charge in [0.1, 0.15) is 11.5 Å². The summed E-state index contributed by atoms with van der Waals surface area (Å²) in [4.78, 5) is 41.2. The number of fused-ring (bicyclic) bond motifs is 4. The van der Waals surface area contributed by atoms with Gasteiger partial charge < -0.3 is 14.5 Å². The number of nitrogens with one attached hydrogen (secondary N) is 1. The van der Waals surface area contributed by atoms with E-state index in [0.29, 0.717) is 11.1 Å². The van der Waals surface area contributed by atoms with Crippen molar-refractivity contribution in [1.82, 2.24) is 4.98 Å². The fraction of sp³-hybridized carbons (Fsp3) is 0.0741. The Morgan fingerprint density at radius 3 is 2.44 bits per heavy atom. The molecule has 0 spiro atoms. The molecule has 178 valence electrons. The van der Waals surface area contributed by atoms with Crippen LogP contribution in [0.25, 0.3) is 17.0 Å². The fourth-order valence-electron chi connectivity index (χ4n) is 4.60. The maximum atomic E-state index is 13.7. The highest BCUT2D eigenvalue weighted by Crippen LogP contribution is 2.48. The van der Waals surface area contributed by atoms with E-state index in [-0.39, 0.29) is 40.4 Å². The predicted octanol–water partition coefficient (Wildman–Crippen LogP) is 5.00. The number of benzene rings is 3. The molecule has 3 aromatic carbocycles. The molecule has 0 saturated heterocycles. The van der Waals surface area contributed by atoms with E-state index in [1.807, 2.05) is 12.1 Å². The first-order valence-corrected chi connectivity index (χ1v) is 10.9. The van der Waals surface area contributed by atoms with Crippen molar-refractivity contribution in [2.24, 2.45) is 0 Å². The number of Topliss-reactive ketones (excluding diaryl/α,β-unsaturated/α-hetero) is 1. The van der Waals surface area contributed by atoms with Crippen LogP contribution >= 0.6 is 0 Å². The number of aromatic nitrogens is 1. The highest BCUT2D eigenvalue weighted by atomic mass is 19.2. The number of allylic oxidation sites excluding steroid dienone is 1. The van der Waals surface area contributed by atoms with Gasteiger partial charge in [0.05, 0.1) is 12.0 Å². The Morgan fingerprint density at radius 1 is 0.917 bits per heavy atom. The van der Waals surface area contributed by atoms with Crippen LogP contribution in [0, 0.1) is 17.5 Å². The maximum absolute atomic E-state index is 13.7.